The molecule has 2 aromatic rings. The van der Waals surface area contributed by atoms with Crippen molar-refractivity contribution in [3.63, 3.8) is 0 Å². The Morgan fingerprint density at radius 1 is 1.32 bits per heavy atom. The maximum absolute atomic E-state index is 13.7. The predicted octanol–water partition coefficient (Wildman–Crippen LogP) is 3.00. The van der Waals surface area contributed by atoms with Gasteiger partial charge in [-0.3, -0.25) is 0 Å². The first-order chi connectivity index (χ1) is 9.11. The molecule has 0 spiro atoms. The van der Waals surface area contributed by atoms with E-state index in [-0.39, 0.29) is 12.4 Å². The van der Waals surface area contributed by atoms with Crippen LogP contribution in [0.4, 0.5) is 10.2 Å². The Bertz CT molecular complexity index is 622. The average Bonchev–Trinajstić information content (AvgIpc) is 2.42. The number of anilines is 1. The van der Waals surface area contributed by atoms with Gasteiger partial charge < -0.3 is 4.90 Å². The SMILES string of the molecule is CN(CC#N)c1ccc(-c2cc(Br)ccc2F)nn1. The van der Waals surface area contributed by atoms with Gasteiger partial charge in [0.2, 0.25) is 0 Å². The lowest BCUT2D eigenvalue weighted by atomic mass is 10.1. The number of hydrogen-bond acceptors (Lipinski definition) is 4. The Hall–Kier alpha value is -2.00. The van der Waals surface area contributed by atoms with Crippen molar-refractivity contribution < 1.29 is 4.39 Å². The van der Waals surface area contributed by atoms with Gasteiger partial charge >= 0.3 is 0 Å². The van der Waals surface area contributed by atoms with E-state index in [0.29, 0.717) is 17.1 Å². The Kier molecular flexibility index (Phi) is 4.07. The molecule has 0 amide bonds. The van der Waals surface area contributed by atoms with Crippen LogP contribution in [0, 0.1) is 17.1 Å². The second-order valence-corrected chi connectivity index (χ2v) is 4.83. The molecule has 0 N–H and O–H groups in total. The number of aromatic nitrogens is 2. The maximum Gasteiger partial charge on any atom is 0.151 e. The highest BCUT2D eigenvalue weighted by Crippen LogP contribution is 2.25. The minimum Gasteiger partial charge on any atom is -0.345 e. The Labute approximate surface area is 118 Å². The van der Waals surface area contributed by atoms with Crippen LogP contribution in [0.5, 0.6) is 0 Å². The van der Waals surface area contributed by atoms with Crippen molar-refractivity contribution >= 4 is 21.7 Å². The van der Waals surface area contributed by atoms with E-state index >= 15 is 0 Å². The van der Waals surface area contributed by atoms with Crippen molar-refractivity contribution in [1.29, 1.82) is 5.26 Å². The maximum atomic E-state index is 13.7. The first-order valence-corrected chi connectivity index (χ1v) is 6.28. The van der Waals surface area contributed by atoms with Gasteiger partial charge in [0.25, 0.3) is 0 Å². The second-order valence-electron chi connectivity index (χ2n) is 3.92. The smallest absolute Gasteiger partial charge is 0.151 e. The third-order valence-corrected chi connectivity index (χ3v) is 3.05. The fourth-order valence-electron chi connectivity index (χ4n) is 1.55. The highest BCUT2D eigenvalue weighted by Gasteiger charge is 2.09. The molecule has 1 aromatic heterocycles. The number of rotatable bonds is 3. The van der Waals surface area contributed by atoms with Crippen LogP contribution in [0.3, 0.4) is 0 Å². The first kappa shape index (κ1) is 13.4. The number of halogens is 2. The van der Waals surface area contributed by atoms with Crippen molar-refractivity contribution in [2.75, 3.05) is 18.5 Å². The average molecular weight is 321 g/mol. The molecule has 96 valence electrons. The van der Waals surface area contributed by atoms with Gasteiger partial charge in [0.05, 0.1) is 11.8 Å². The molecule has 0 aliphatic heterocycles. The van der Waals surface area contributed by atoms with Gasteiger partial charge in [0.15, 0.2) is 5.82 Å². The lowest BCUT2D eigenvalue weighted by Gasteiger charge is -2.13. The van der Waals surface area contributed by atoms with Crippen LogP contribution in [0.1, 0.15) is 0 Å². The number of hydrogen-bond donors (Lipinski definition) is 0. The lowest BCUT2D eigenvalue weighted by molar-refractivity contribution is 0.630. The molecule has 0 saturated heterocycles. The van der Waals surface area contributed by atoms with E-state index in [9.17, 15) is 4.39 Å². The summed E-state index contributed by atoms with van der Waals surface area (Å²) in [6.07, 6.45) is 0. The number of benzene rings is 1. The quantitative estimate of drug-likeness (QED) is 0.816. The summed E-state index contributed by atoms with van der Waals surface area (Å²) in [6.45, 7) is 0.222. The zero-order valence-electron chi connectivity index (χ0n) is 10.1. The molecule has 6 heteroatoms. The molecule has 1 aromatic carbocycles. The summed E-state index contributed by atoms with van der Waals surface area (Å²) in [5.41, 5.74) is 0.837. The van der Waals surface area contributed by atoms with Crippen LogP contribution in [-0.4, -0.2) is 23.8 Å². The molecule has 0 saturated carbocycles. The van der Waals surface area contributed by atoms with Gasteiger partial charge in [-0.05, 0) is 30.3 Å². The van der Waals surface area contributed by atoms with Crippen LogP contribution in [0.15, 0.2) is 34.8 Å². The van der Waals surface area contributed by atoms with E-state index in [1.165, 1.54) is 6.07 Å². The summed E-state index contributed by atoms with van der Waals surface area (Å²) in [7, 11) is 1.74. The third-order valence-electron chi connectivity index (χ3n) is 2.55. The van der Waals surface area contributed by atoms with Gasteiger partial charge in [-0.1, -0.05) is 15.9 Å². The summed E-state index contributed by atoms with van der Waals surface area (Å²) >= 11 is 3.29. The molecule has 0 atom stereocenters. The standard InChI is InChI=1S/C13H10BrFN4/c1-19(7-6-16)13-5-4-12(17-18-13)10-8-9(14)2-3-11(10)15/h2-5,8H,7H2,1H3. The third kappa shape index (κ3) is 3.06. The van der Waals surface area contributed by atoms with Crippen LogP contribution in [-0.2, 0) is 0 Å². The highest BCUT2D eigenvalue weighted by atomic mass is 79.9. The summed E-state index contributed by atoms with van der Waals surface area (Å²) in [5, 5.41) is 16.6. The van der Waals surface area contributed by atoms with Gasteiger partial charge in [0, 0.05) is 17.1 Å². The van der Waals surface area contributed by atoms with Gasteiger partial charge in [-0.15, -0.1) is 10.2 Å². The van der Waals surface area contributed by atoms with Crippen molar-refractivity contribution in [3.05, 3.63) is 40.6 Å². The predicted molar refractivity (Wildman–Crippen MR) is 74.0 cm³/mol. The summed E-state index contributed by atoms with van der Waals surface area (Å²) < 4.78 is 14.5. The van der Waals surface area contributed by atoms with Gasteiger partial charge in [-0.25, -0.2) is 4.39 Å². The molecule has 1 heterocycles. The van der Waals surface area contributed by atoms with E-state index < -0.39 is 0 Å². The first-order valence-electron chi connectivity index (χ1n) is 5.49. The molecular weight excluding hydrogens is 311 g/mol. The second kappa shape index (κ2) is 5.76. The fourth-order valence-corrected chi connectivity index (χ4v) is 1.91. The van der Waals surface area contributed by atoms with Crippen LogP contribution >= 0.6 is 15.9 Å². The van der Waals surface area contributed by atoms with E-state index in [2.05, 4.69) is 26.1 Å². The van der Waals surface area contributed by atoms with Gasteiger partial charge in [-0.2, -0.15) is 5.26 Å². The molecule has 0 unspecified atom stereocenters. The molecule has 4 nitrogen and oxygen atoms in total. The number of nitrogens with zero attached hydrogens (tertiary/aromatic N) is 4. The molecule has 2 rings (SSSR count). The largest absolute Gasteiger partial charge is 0.345 e. The van der Waals surface area contributed by atoms with Crippen molar-refractivity contribution in [3.8, 4) is 17.3 Å². The van der Waals surface area contributed by atoms with Crippen molar-refractivity contribution in [1.82, 2.24) is 10.2 Å². The minimum atomic E-state index is -0.351. The molecule has 19 heavy (non-hydrogen) atoms. The molecule has 0 aliphatic carbocycles. The van der Waals surface area contributed by atoms with Crippen molar-refractivity contribution in [2.24, 2.45) is 0 Å². The Morgan fingerprint density at radius 2 is 2.11 bits per heavy atom. The zero-order chi connectivity index (χ0) is 13.8. The van der Waals surface area contributed by atoms with E-state index in [1.807, 2.05) is 6.07 Å². The lowest BCUT2D eigenvalue weighted by Crippen LogP contribution is -2.18. The topological polar surface area (TPSA) is 52.8 Å². The van der Waals surface area contributed by atoms with E-state index in [1.54, 1.807) is 36.2 Å². The summed E-state index contributed by atoms with van der Waals surface area (Å²) in [4.78, 5) is 1.66. The normalized spacial score (nSPS) is 10.0. The number of nitriles is 1. The Morgan fingerprint density at radius 3 is 2.74 bits per heavy atom. The fraction of sp³-hybridized carbons (Fsp3) is 0.154. The zero-order valence-corrected chi connectivity index (χ0v) is 11.7. The molecule has 0 fully saturated rings. The van der Waals surface area contributed by atoms with Crippen LogP contribution in [0.25, 0.3) is 11.3 Å². The van der Waals surface area contributed by atoms with Crippen LogP contribution in [0.2, 0.25) is 0 Å². The summed E-state index contributed by atoms with van der Waals surface area (Å²) in [5.74, 6) is 0.219. The molecule has 0 radical (unpaired) electrons. The monoisotopic (exact) mass is 320 g/mol. The van der Waals surface area contributed by atoms with E-state index in [4.69, 9.17) is 5.26 Å². The highest BCUT2D eigenvalue weighted by molar-refractivity contribution is 9.10. The van der Waals surface area contributed by atoms with Crippen LogP contribution < -0.4 is 4.90 Å². The summed E-state index contributed by atoms with van der Waals surface area (Å²) in [6, 6.07) is 10.1. The molecule has 0 bridgehead atoms. The minimum absolute atomic E-state index is 0.222. The van der Waals surface area contributed by atoms with E-state index in [0.717, 1.165) is 4.47 Å². The molecular formula is C13H10BrFN4. The molecule has 0 aliphatic rings. The van der Waals surface area contributed by atoms with Gasteiger partial charge in [0.1, 0.15) is 12.4 Å². The Balaban J connectivity index is 2.33. The van der Waals surface area contributed by atoms with Crippen molar-refractivity contribution in [2.45, 2.75) is 0 Å².